The lowest BCUT2D eigenvalue weighted by atomic mass is 9.74. The van der Waals surface area contributed by atoms with Gasteiger partial charge in [-0.05, 0) is 67.1 Å². The van der Waals surface area contributed by atoms with E-state index in [-0.39, 0.29) is 36.5 Å². The van der Waals surface area contributed by atoms with Crippen molar-refractivity contribution in [3.8, 4) is 28.7 Å². The minimum atomic E-state index is -0.884. The number of phenols is 1. The van der Waals surface area contributed by atoms with E-state index in [4.69, 9.17) is 46.9 Å². The van der Waals surface area contributed by atoms with Crippen LogP contribution < -0.4 is 24.3 Å². The first kappa shape index (κ1) is 44.0. The molecular formula is C39H54NO14PS. The predicted octanol–water partition coefficient (Wildman–Crippen LogP) is 4.76. The highest BCUT2D eigenvalue weighted by Crippen LogP contribution is 2.44. The minimum absolute atomic E-state index is 0.0394. The van der Waals surface area contributed by atoms with Crippen molar-refractivity contribution >= 4 is 26.0 Å². The van der Waals surface area contributed by atoms with Crippen molar-refractivity contribution in [3.05, 3.63) is 63.8 Å². The number of phenolic OH excluding ortho intramolecular Hbond substituents is 1. The number of hydrogen-bond acceptors (Lipinski definition) is 16. The van der Waals surface area contributed by atoms with E-state index in [2.05, 4.69) is 5.32 Å². The van der Waals surface area contributed by atoms with Gasteiger partial charge in [-0.3, -0.25) is 0 Å². The summed E-state index contributed by atoms with van der Waals surface area (Å²) in [4.78, 5) is 12.2. The number of rotatable bonds is 14. The number of aromatic hydroxyl groups is 1. The number of ether oxygens (including phenoxy) is 8. The van der Waals surface area contributed by atoms with Gasteiger partial charge >= 0.3 is 0 Å². The molecule has 0 radical (unpaired) electrons. The summed E-state index contributed by atoms with van der Waals surface area (Å²) in [6.07, 6.45) is -0.154. The number of thiophene rings is 1. The molecule has 310 valence electrons. The first-order valence-corrected chi connectivity index (χ1v) is 20.8. The first-order valence-electron chi connectivity index (χ1n) is 18.6. The lowest BCUT2D eigenvalue weighted by molar-refractivity contribution is -0.302. The second-order valence-corrected chi connectivity index (χ2v) is 15.7. The average molecular weight is 824 g/mol. The lowest BCUT2D eigenvalue weighted by Crippen LogP contribution is -2.62. The third-order valence-electron chi connectivity index (χ3n) is 9.62. The summed E-state index contributed by atoms with van der Waals surface area (Å²) in [7, 11) is 3.68. The van der Waals surface area contributed by atoms with Crippen LogP contribution in [0.1, 0.15) is 42.2 Å². The maximum Gasteiger partial charge on any atom is 0.231 e. The molecule has 15 nitrogen and oxygen atoms in total. The zero-order valence-electron chi connectivity index (χ0n) is 32.4. The number of aliphatic hydroxyl groups is 2. The van der Waals surface area contributed by atoms with Gasteiger partial charge < -0.3 is 72.4 Å². The number of para-hydroxylation sites is 1. The highest BCUT2D eigenvalue weighted by atomic mass is 32.1. The summed E-state index contributed by atoms with van der Waals surface area (Å²) < 4.78 is 54.3. The van der Waals surface area contributed by atoms with Gasteiger partial charge in [0.2, 0.25) is 12.5 Å². The van der Waals surface area contributed by atoms with E-state index in [0.717, 1.165) is 28.5 Å². The van der Waals surface area contributed by atoms with Crippen molar-refractivity contribution in [1.29, 1.82) is 0 Å². The van der Waals surface area contributed by atoms with E-state index in [0.29, 0.717) is 69.0 Å². The Morgan fingerprint density at radius 3 is 2.30 bits per heavy atom. The van der Waals surface area contributed by atoms with Gasteiger partial charge in [0, 0.05) is 31.7 Å². The molecule has 0 spiro atoms. The van der Waals surface area contributed by atoms with Crippen molar-refractivity contribution in [3.63, 3.8) is 0 Å². The molecule has 8 atom stereocenters. The van der Waals surface area contributed by atoms with Crippen LogP contribution >= 0.6 is 19.7 Å². The maximum absolute atomic E-state index is 11.2. The Bertz CT molecular complexity index is 1610. The number of carbonyl (C=O) groups excluding carboxylic acids is 1. The zero-order chi connectivity index (χ0) is 40.0. The molecule has 4 aliphatic rings. The molecule has 2 aromatic carbocycles. The van der Waals surface area contributed by atoms with Crippen LogP contribution in [0.2, 0.25) is 0 Å². The second-order valence-electron chi connectivity index (χ2n) is 13.1. The highest BCUT2D eigenvalue weighted by Gasteiger charge is 2.45. The molecule has 7 rings (SSSR count). The molecule has 3 aromatic rings. The lowest BCUT2D eigenvalue weighted by Gasteiger charge is -2.44. The van der Waals surface area contributed by atoms with E-state index < -0.39 is 33.0 Å². The van der Waals surface area contributed by atoms with Gasteiger partial charge in [0.15, 0.2) is 37.7 Å². The van der Waals surface area contributed by atoms with E-state index in [1.807, 2.05) is 43.5 Å². The molecule has 1 aromatic heterocycles. The normalized spacial score (nSPS) is 26.1. The molecular weight excluding hydrogens is 769 g/mol. The molecule has 2 saturated heterocycles. The molecule has 3 aliphatic heterocycles. The number of aliphatic hydroxyl groups excluding tert-OH is 2. The smallest absolute Gasteiger partial charge is 0.231 e. The van der Waals surface area contributed by atoms with E-state index in [9.17, 15) is 20.1 Å². The van der Waals surface area contributed by atoms with Crippen molar-refractivity contribution in [2.45, 2.75) is 57.0 Å². The van der Waals surface area contributed by atoms with Crippen LogP contribution in [-0.4, -0.2) is 120 Å². The standard InChI is InChI=1S/C17H28NO6PS.C14H16O5.C8H10O3/c1-3-22-25(23-4-2)8-7-18-12-10-20-13-11-21-17(14-6-5-9-26-14)24-16(13)15(12)19;1-17-6-11-9(5-15)2-8-3-12-13(19-7-18-12)4-10(8)14(11)16;1-10-6-4-3-5-7(11-2)8(6)9/h5-6,9,12-13,15-19H,3-4,7-8,10-11H2,1-2H3;3-5,9,11,14,16H,2,6-7H2,1H3;3-5,9H,1-2H3/t;9-,11?,14?;/m.0./s1. The maximum atomic E-state index is 11.2. The van der Waals surface area contributed by atoms with Crippen molar-refractivity contribution in [1.82, 2.24) is 5.32 Å². The van der Waals surface area contributed by atoms with Crippen LogP contribution in [0.5, 0.6) is 28.7 Å². The molecule has 17 heteroatoms. The largest absolute Gasteiger partial charge is 0.502 e. The fourth-order valence-electron chi connectivity index (χ4n) is 6.80. The predicted molar refractivity (Wildman–Crippen MR) is 208 cm³/mol. The Morgan fingerprint density at radius 1 is 0.964 bits per heavy atom. The number of methoxy groups -OCH3 is 3. The third-order valence-corrected chi connectivity index (χ3v) is 12.2. The molecule has 4 heterocycles. The highest BCUT2D eigenvalue weighted by molar-refractivity contribution is 7.47. The van der Waals surface area contributed by atoms with Crippen LogP contribution in [0.4, 0.5) is 0 Å². The van der Waals surface area contributed by atoms with Crippen molar-refractivity contribution < 1.29 is 67.1 Å². The fourth-order valence-corrected chi connectivity index (χ4v) is 8.73. The molecule has 1 aliphatic carbocycles. The Labute approximate surface area is 332 Å². The SMILES string of the molecule is CCOP(CCNC1COC2COC(c3cccs3)OC2C1O)OCC.COCC1C(O)c2cc3c(cc2C[C@H]1C=O)OCO3.COc1cccc(OC)c1O. The number of hydrogen-bond donors (Lipinski definition) is 4. The Morgan fingerprint density at radius 2 is 1.68 bits per heavy atom. The van der Waals surface area contributed by atoms with Crippen molar-refractivity contribution in [2.75, 3.05) is 73.9 Å². The summed E-state index contributed by atoms with van der Waals surface area (Å²) in [6.45, 7) is 7.33. The van der Waals surface area contributed by atoms with Gasteiger partial charge in [0.1, 0.15) is 24.6 Å². The second kappa shape index (κ2) is 22.1. The molecule has 0 saturated carbocycles. The fraction of sp³-hybridized carbons (Fsp3) is 0.564. The number of benzene rings is 2. The quantitative estimate of drug-likeness (QED) is 0.129. The Hall–Kier alpha value is -3.12. The van der Waals surface area contributed by atoms with Gasteiger partial charge in [-0.2, -0.15) is 0 Å². The zero-order valence-corrected chi connectivity index (χ0v) is 34.1. The van der Waals surface area contributed by atoms with Crippen LogP contribution in [0.25, 0.3) is 0 Å². The summed E-state index contributed by atoms with van der Waals surface area (Å²) in [5.41, 5.74) is 1.76. The molecule has 56 heavy (non-hydrogen) atoms. The Kier molecular flexibility index (Phi) is 17.4. The number of carbonyl (C=O) groups is 1. The van der Waals surface area contributed by atoms with Crippen molar-refractivity contribution in [2.24, 2.45) is 11.8 Å². The molecule has 0 amide bonds. The van der Waals surface area contributed by atoms with Gasteiger partial charge in [0.05, 0.1) is 64.3 Å². The topological polar surface area (TPSA) is 182 Å². The third kappa shape index (κ3) is 11.1. The average Bonchev–Trinajstić information content (AvgIpc) is 3.93. The van der Waals surface area contributed by atoms with Crippen LogP contribution in [0.3, 0.4) is 0 Å². The van der Waals surface area contributed by atoms with Crippen LogP contribution in [-0.2, 0) is 39.2 Å². The van der Waals surface area contributed by atoms with E-state index >= 15 is 0 Å². The summed E-state index contributed by atoms with van der Waals surface area (Å²) in [5, 5.41) is 35.9. The molecule has 2 fully saturated rings. The van der Waals surface area contributed by atoms with Gasteiger partial charge in [-0.15, -0.1) is 11.3 Å². The van der Waals surface area contributed by atoms with E-state index in [1.54, 1.807) is 36.6 Å². The number of nitrogens with one attached hydrogen (secondary N) is 1. The van der Waals surface area contributed by atoms with Crippen LogP contribution in [0.15, 0.2) is 47.8 Å². The molecule has 7 unspecified atom stereocenters. The number of fused-ring (bicyclic) bond motifs is 3. The molecule has 0 bridgehead atoms. The first-order chi connectivity index (χ1) is 27.3. The van der Waals surface area contributed by atoms with Gasteiger partial charge in [-0.1, -0.05) is 12.1 Å². The summed E-state index contributed by atoms with van der Waals surface area (Å²) in [5.74, 6) is 1.77. The monoisotopic (exact) mass is 823 g/mol. The van der Waals surface area contributed by atoms with Crippen LogP contribution in [0, 0.1) is 11.8 Å². The minimum Gasteiger partial charge on any atom is -0.502 e. The van der Waals surface area contributed by atoms with Gasteiger partial charge in [-0.25, -0.2) is 0 Å². The Balaban J connectivity index is 0.000000175. The van der Waals surface area contributed by atoms with E-state index in [1.165, 1.54) is 14.2 Å². The van der Waals surface area contributed by atoms with Gasteiger partial charge in [0.25, 0.3) is 0 Å². The molecule has 4 N–H and O–H groups in total. The number of aldehydes is 1. The summed E-state index contributed by atoms with van der Waals surface area (Å²) >= 11 is 1.58. The summed E-state index contributed by atoms with van der Waals surface area (Å²) in [6, 6.07) is 12.5.